The predicted octanol–water partition coefficient (Wildman–Crippen LogP) is 3.04. The van der Waals surface area contributed by atoms with E-state index >= 15 is 0 Å². The van der Waals surface area contributed by atoms with Gasteiger partial charge in [0.05, 0.1) is 17.3 Å². The largest absolute Gasteiger partial charge is 0.497 e. The maximum atomic E-state index is 13.4. The van der Waals surface area contributed by atoms with Gasteiger partial charge in [-0.05, 0) is 44.4 Å². The molecule has 0 bridgehead atoms. The summed E-state index contributed by atoms with van der Waals surface area (Å²) in [6.45, 7) is 1.38. The lowest BCUT2D eigenvalue weighted by molar-refractivity contribution is -0.127. The van der Waals surface area contributed by atoms with Crippen LogP contribution in [-0.2, 0) is 4.79 Å². The number of benzene rings is 2. The van der Waals surface area contributed by atoms with Crippen LogP contribution < -0.4 is 19.1 Å². The minimum Gasteiger partial charge on any atom is -0.497 e. The van der Waals surface area contributed by atoms with Crippen molar-refractivity contribution in [2.24, 2.45) is 0 Å². The third-order valence-electron chi connectivity index (χ3n) is 4.64. The monoisotopic (exact) mass is 413 g/mol. The van der Waals surface area contributed by atoms with Crippen LogP contribution in [0.2, 0.25) is 0 Å². The molecule has 4 rings (SSSR count). The Balaban J connectivity index is 1.62. The Kier molecular flexibility index (Phi) is 5.55. The van der Waals surface area contributed by atoms with Gasteiger partial charge in [-0.1, -0.05) is 23.5 Å². The molecule has 3 aromatic rings. The first-order valence-electron chi connectivity index (χ1n) is 9.34. The second-order valence-corrected chi connectivity index (χ2v) is 8.00. The summed E-state index contributed by atoms with van der Waals surface area (Å²) in [6, 6.07) is 13.1. The van der Waals surface area contributed by atoms with Gasteiger partial charge in [0.2, 0.25) is 6.10 Å². The van der Waals surface area contributed by atoms with Gasteiger partial charge in [-0.2, -0.15) is 0 Å². The van der Waals surface area contributed by atoms with E-state index in [1.807, 2.05) is 61.5 Å². The topological polar surface area (TPSA) is 64.1 Å². The van der Waals surface area contributed by atoms with Crippen LogP contribution in [0.25, 0.3) is 10.2 Å². The van der Waals surface area contributed by atoms with Crippen molar-refractivity contribution in [2.45, 2.75) is 6.10 Å². The number of fused-ring (bicyclic) bond motifs is 2. The van der Waals surface area contributed by atoms with Gasteiger partial charge < -0.3 is 19.1 Å². The summed E-state index contributed by atoms with van der Waals surface area (Å²) in [4.78, 5) is 21.8. The van der Waals surface area contributed by atoms with Crippen LogP contribution >= 0.6 is 11.3 Å². The van der Waals surface area contributed by atoms with Gasteiger partial charge in [-0.25, -0.2) is 4.98 Å². The molecule has 1 aliphatic heterocycles. The number of likely N-dealkylation sites (N-methyl/N-ethyl adjacent to an activating group) is 1. The fourth-order valence-electron chi connectivity index (χ4n) is 3.05. The minimum absolute atomic E-state index is 0.160. The molecule has 2 aromatic carbocycles. The molecule has 8 heteroatoms. The zero-order valence-electron chi connectivity index (χ0n) is 16.6. The summed E-state index contributed by atoms with van der Waals surface area (Å²) >= 11 is 1.46. The number of hydrogen-bond acceptors (Lipinski definition) is 7. The van der Waals surface area contributed by atoms with E-state index in [0.29, 0.717) is 29.7 Å². The van der Waals surface area contributed by atoms with Crippen LogP contribution in [-0.4, -0.2) is 62.8 Å². The van der Waals surface area contributed by atoms with E-state index in [9.17, 15) is 4.79 Å². The zero-order valence-corrected chi connectivity index (χ0v) is 17.4. The Labute approximate surface area is 173 Å². The number of amides is 1. The van der Waals surface area contributed by atoms with Crippen molar-refractivity contribution in [1.82, 2.24) is 9.88 Å². The Hall–Kier alpha value is -2.84. The molecule has 152 valence electrons. The molecule has 1 amide bonds. The average molecular weight is 413 g/mol. The molecular weight excluding hydrogens is 390 g/mol. The summed E-state index contributed by atoms with van der Waals surface area (Å²) in [5.41, 5.74) is 0.833. The molecule has 0 aliphatic carbocycles. The highest BCUT2D eigenvalue weighted by atomic mass is 32.1. The van der Waals surface area contributed by atoms with Gasteiger partial charge in [0.25, 0.3) is 5.91 Å². The number of hydrogen-bond donors (Lipinski definition) is 0. The molecule has 7 nitrogen and oxygen atoms in total. The van der Waals surface area contributed by atoms with E-state index in [1.165, 1.54) is 11.3 Å². The van der Waals surface area contributed by atoms with E-state index in [-0.39, 0.29) is 12.5 Å². The van der Waals surface area contributed by atoms with Crippen molar-refractivity contribution in [3.8, 4) is 17.2 Å². The van der Waals surface area contributed by atoms with Crippen molar-refractivity contribution in [2.75, 3.05) is 45.8 Å². The number of nitrogens with zero attached hydrogens (tertiary/aromatic N) is 3. The van der Waals surface area contributed by atoms with E-state index in [4.69, 9.17) is 14.2 Å². The number of carbonyl (C=O) groups excluding carboxylic acids is 1. The molecular formula is C21H23N3O4S. The second kappa shape index (κ2) is 8.26. The van der Waals surface area contributed by atoms with Crippen LogP contribution in [0.15, 0.2) is 42.5 Å². The van der Waals surface area contributed by atoms with Crippen molar-refractivity contribution < 1.29 is 19.0 Å². The lowest BCUT2D eigenvalue weighted by atomic mass is 10.2. The molecule has 1 atom stereocenters. The Morgan fingerprint density at radius 1 is 1.21 bits per heavy atom. The lowest BCUT2D eigenvalue weighted by Crippen LogP contribution is -2.48. The average Bonchev–Trinajstić information content (AvgIpc) is 3.15. The molecule has 2 heterocycles. The van der Waals surface area contributed by atoms with E-state index in [0.717, 1.165) is 16.0 Å². The first-order valence-corrected chi connectivity index (χ1v) is 10.2. The summed E-state index contributed by atoms with van der Waals surface area (Å²) in [5.74, 6) is 1.84. The summed E-state index contributed by atoms with van der Waals surface area (Å²) in [6.07, 6.45) is -0.714. The van der Waals surface area contributed by atoms with Gasteiger partial charge in [-0.15, -0.1) is 0 Å². The second-order valence-electron chi connectivity index (χ2n) is 6.99. The molecule has 0 saturated heterocycles. The first kappa shape index (κ1) is 19.5. The summed E-state index contributed by atoms with van der Waals surface area (Å²) in [7, 11) is 5.58. The van der Waals surface area contributed by atoms with Crippen LogP contribution in [0.4, 0.5) is 5.13 Å². The zero-order chi connectivity index (χ0) is 20.4. The molecule has 1 aliphatic rings. The fourth-order valence-corrected chi connectivity index (χ4v) is 4.08. The minimum atomic E-state index is -0.714. The predicted molar refractivity (Wildman–Crippen MR) is 113 cm³/mol. The highest BCUT2D eigenvalue weighted by Gasteiger charge is 2.33. The SMILES string of the molecule is COc1ccc2nc(N(CCN(C)C)C(=O)[C@@H]3COc4ccccc4O3)sc2c1. The molecule has 0 spiro atoms. The molecule has 0 N–H and O–H groups in total. The number of anilines is 1. The lowest BCUT2D eigenvalue weighted by Gasteiger charge is -2.30. The number of methoxy groups -OCH3 is 1. The first-order chi connectivity index (χ1) is 14.0. The van der Waals surface area contributed by atoms with Gasteiger partial charge in [0.15, 0.2) is 16.6 Å². The van der Waals surface area contributed by atoms with Crippen LogP contribution in [0.5, 0.6) is 17.2 Å². The van der Waals surface area contributed by atoms with Crippen LogP contribution in [0.1, 0.15) is 0 Å². The summed E-state index contributed by atoms with van der Waals surface area (Å²) < 4.78 is 18.0. The number of carbonyl (C=O) groups is 1. The Bertz CT molecular complexity index is 1020. The Morgan fingerprint density at radius 3 is 2.76 bits per heavy atom. The molecule has 0 unspecified atom stereocenters. The van der Waals surface area contributed by atoms with Crippen LogP contribution in [0, 0.1) is 0 Å². The van der Waals surface area contributed by atoms with Gasteiger partial charge in [0, 0.05) is 13.1 Å². The molecule has 0 radical (unpaired) electrons. The van der Waals surface area contributed by atoms with Crippen molar-refractivity contribution in [3.05, 3.63) is 42.5 Å². The molecule has 29 heavy (non-hydrogen) atoms. The van der Waals surface area contributed by atoms with Crippen molar-refractivity contribution in [3.63, 3.8) is 0 Å². The maximum absolute atomic E-state index is 13.4. The van der Waals surface area contributed by atoms with Gasteiger partial charge in [0.1, 0.15) is 12.4 Å². The van der Waals surface area contributed by atoms with Crippen LogP contribution in [0.3, 0.4) is 0 Å². The smallest absolute Gasteiger partial charge is 0.273 e. The van der Waals surface area contributed by atoms with Gasteiger partial charge >= 0.3 is 0 Å². The number of ether oxygens (including phenoxy) is 3. The Morgan fingerprint density at radius 2 is 2.00 bits per heavy atom. The number of aromatic nitrogens is 1. The van der Waals surface area contributed by atoms with Crippen molar-refractivity contribution >= 4 is 32.6 Å². The quantitative estimate of drug-likeness (QED) is 0.619. The highest BCUT2D eigenvalue weighted by molar-refractivity contribution is 7.22. The summed E-state index contributed by atoms with van der Waals surface area (Å²) in [5, 5.41) is 0.641. The van der Waals surface area contributed by atoms with E-state index in [1.54, 1.807) is 12.0 Å². The molecule has 0 saturated carbocycles. The third kappa shape index (κ3) is 4.13. The third-order valence-corrected chi connectivity index (χ3v) is 5.68. The standard InChI is InChI=1S/C21H23N3O4S/c1-23(2)10-11-24(21-22-15-9-8-14(26-3)12-19(15)29-21)20(25)18-13-27-16-6-4-5-7-17(16)28-18/h4-9,12,18H,10-11,13H2,1-3H3/t18-/m0/s1. The molecule has 0 fully saturated rings. The van der Waals surface area contributed by atoms with Crippen molar-refractivity contribution in [1.29, 1.82) is 0 Å². The number of rotatable bonds is 6. The van der Waals surface area contributed by atoms with Gasteiger partial charge in [-0.3, -0.25) is 9.69 Å². The number of thiazole rings is 1. The maximum Gasteiger partial charge on any atom is 0.273 e. The molecule has 1 aromatic heterocycles. The fraction of sp³-hybridized carbons (Fsp3) is 0.333. The van der Waals surface area contributed by atoms with E-state index in [2.05, 4.69) is 4.98 Å². The number of para-hydroxylation sites is 2. The normalized spacial score (nSPS) is 15.5. The highest BCUT2D eigenvalue weighted by Crippen LogP contribution is 2.34. The van der Waals surface area contributed by atoms with E-state index < -0.39 is 6.10 Å².